The van der Waals surface area contributed by atoms with Crippen molar-refractivity contribution >= 4 is 23.6 Å². The zero-order valence-corrected chi connectivity index (χ0v) is 18.3. The average Bonchev–Trinajstić information content (AvgIpc) is 3.13. The van der Waals surface area contributed by atoms with Crippen LogP contribution in [0, 0.1) is 6.92 Å². The molecule has 1 aliphatic carbocycles. The standard InChI is InChI=1S/C22H30N4O3S/c1-16-24-21(29-26-16)13-14-23-22(28)18-11-7-8-12-19(18)30-15-20(27)25-17-9-5-3-2-4-6-10-17/h7-8,11-12,17H,2-6,9-10,13-15H2,1H3,(H,23,28)(H,25,27). The summed E-state index contributed by atoms with van der Waals surface area (Å²) in [5.41, 5.74) is 0.572. The molecule has 8 heteroatoms. The van der Waals surface area contributed by atoms with Crippen molar-refractivity contribution in [2.24, 2.45) is 0 Å². The highest BCUT2D eigenvalue weighted by atomic mass is 32.2. The van der Waals surface area contributed by atoms with Crippen LogP contribution in [-0.4, -0.2) is 40.3 Å². The van der Waals surface area contributed by atoms with Crippen molar-refractivity contribution in [3.8, 4) is 0 Å². The highest BCUT2D eigenvalue weighted by molar-refractivity contribution is 8.00. The number of thioether (sulfide) groups is 1. The maximum absolute atomic E-state index is 12.6. The van der Waals surface area contributed by atoms with E-state index in [-0.39, 0.29) is 17.9 Å². The molecule has 2 amide bonds. The SMILES string of the molecule is Cc1noc(CCNC(=O)c2ccccc2SCC(=O)NC2CCCCCCC2)n1. The molecule has 0 spiro atoms. The molecule has 1 heterocycles. The second-order valence-electron chi connectivity index (χ2n) is 7.64. The van der Waals surface area contributed by atoms with E-state index in [9.17, 15) is 9.59 Å². The van der Waals surface area contributed by atoms with Gasteiger partial charge in [0, 0.05) is 23.9 Å². The maximum Gasteiger partial charge on any atom is 0.252 e. The fraction of sp³-hybridized carbons (Fsp3) is 0.545. The third kappa shape index (κ3) is 7.16. The van der Waals surface area contributed by atoms with Gasteiger partial charge in [-0.25, -0.2) is 0 Å². The van der Waals surface area contributed by atoms with Crippen LogP contribution in [0.4, 0.5) is 0 Å². The topological polar surface area (TPSA) is 97.1 Å². The van der Waals surface area contributed by atoms with Crippen molar-refractivity contribution in [3.63, 3.8) is 0 Å². The van der Waals surface area contributed by atoms with E-state index in [4.69, 9.17) is 4.52 Å². The zero-order valence-electron chi connectivity index (χ0n) is 17.5. The Hall–Kier alpha value is -2.35. The number of rotatable bonds is 8. The summed E-state index contributed by atoms with van der Waals surface area (Å²) in [7, 11) is 0. The van der Waals surface area contributed by atoms with Crippen molar-refractivity contribution in [2.45, 2.75) is 69.2 Å². The van der Waals surface area contributed by atoms with Crippen LogP contribution in [-0.2, 0) is 11.2 Å². The number of carbonyl (C=O) groups is 2. The first kappa shape index (κ1) is 22.3. The molecule has 3 rings (SSSR count). The van der Waals surface area contributed by atoms with Gasteiger partial charge in [0.15, 0.2) is 5.82 Å². The Bertz CT molecular complexity index is 831. The van der Waals surface area contributed by atoms with Gasteiger partial charge in [0.1, 0.15) is 0 Å². The molecule has 7 nitrogen and oxygen atoms in total. The van der Waals surface area contributed by atoms with Gasteiger partial charge in [0.05, 0.1) is 11.3 Å². The van der Waals surface area contributed by atoms with Crippen LogP contribution < -0.4 is 10.6 Å². The molecule has 0 unspecified atom stereocenters. The van der Waals surface area contributed by atoms with E-state index < -0.39 is 0 Å². The van der Waals surface area contributed by atoms with Gasteiger partial charge in [-0.1, -0.05) is 49.4 Å². The van der Waals surface area contributed by atoms with E-state index in [1.165, 1.54) is 43.9 Å². The molecule has 1 aromatic carbocycles. The molecular formula is C22H30N4O3S. The summed E-state index contributed by atoms with van der Waals surface area (Å²) in [6.45, 7) is 2.16. The third-order valence-electron chi connectivity index (χ3n) is 5.15. The van der Waals surface area contributed by atoms with Gasteiger partial charge in [0.2, 0.25) is 11.8 Å². The fourth-order valence-corrected chi connectivity index (χ4v) is 4.47. The molecule has 2 N–H and O–H groups in total. The molecule has 0 saturated heterocycles. The second-order valence-corrected chi connectivity index (χ2v) is 8.65. The fourth-order valence-electron chi connectivity index (χ4n) is 3.61. The summed E-state index contributed by atoms with van der Waals surface area (Å²) >= 11 is 1.40. The van der Waals surface area contributed by atoms with Crippen LogP contribution in [0.2, 0.25) is 0 Å². The van der Waals surface area contributed by atoms with Gasteiger partial charge in [-0.05, 0) is 31.9 Å². The Kier molecular flexibility index (Phi) is 8.74. The number of nitrogens with one attached hydrogen (secondary N) is 2. The Balaban J connectivity index is 1.47. The molecule has 0 bridgehead atoms. The number of benzene rings is 1. The zero-order chi connectivity index (χ0) is 21.2. The van der Waals surface area contributed by atoms with Gasteiger partial charge in [-0.15, -0.1) is 11.8 Å². The van der Waals surface area contributed by atoms with Crippen molar-refractivity contribution in [1.82, 2.24) is 20.8 Å². The molecular weight excluding hydrogens is 400 g/mol. The molecule has 162 valence electrons. The molecule has 0 radical (unpaired) electrons. The number of hydrogen-bond donors (Lipinski definition) is 2. The monoisotopic (exact) mass is 430 g/mol. The molecule has 1 aromatic heterocycles. The normalized spacial score (nSPS) is 15.2. The van der Waals surface area contributed by atoms with E-state index in [2.05, 4.69) is 20.8 Å². The lowest BCUT2D eigenvalue weighted by Crippen LogP contribution is -2.36. The molecule has 0 aliphatic heterocycles. The molecule has 0 atom stereocenters. The van der Waals surface area contributed by atoms with Crippen molar-refractivity contribution in [2.75, 3.05) is 12.3 Å². The second kappa shape index (κ2) is 11.7. The van der Waals surface area contributed by atoms with Gasteiger partial charge >= 0.3 is 0 Å². The third-order valence-corrected chi connectivity index (χ3v) is 6.23. The number of aryl methyl sites for hydroxylation is 1. The van der Waals surface area contributed by atoms with Crippen molar-refractivity contribution in [1.29, 1.82) is 0 Å². The summed E-state index contributed by atoms with van der Waals surface area (Å²) in [6.07, 6.45) is 8.81. The molecule has 2 aromatic rings. The smallest absolute Gasteiger partial charge is 0.252 e. The first-order chi connectivity index (χ1) is 14.6. The Morgan fingerprint density at radius 1 is 1.13 bits per heavy atom. The number of aromatic nitrogens is 2. The van der Waals surface area contributed by atoms with E-state index in [1.807, 2.05) is 18.2 Å². The summed E-state index contributed by atoms with van der Waals surface area (Å²) < 4.78 is 5.06. The minimum Gasteiger partial charge on any atom is -0.353 e. The predicted octanol–water partition coefficient (Wildman–Crippen LogP) is 3.67. The van der Waals surface area contributed by atoms with E-state index >= 15 is 0 Å². The Morgan fingerprint density at radius 2 is 1.87 bits per heavy atom. The lowest BCUT2D eigenvalue weighted by Gasteiger charge is -2.21. The van der Waals surface area contributed by atoms with Crippen LogP contribution in [0.1, 0.15) is 67.0 Å². The lowest BCUT2D eigenvalue weighted by molar-refractivity contribution is -0.119. The molecule has 1 saturated carbocycles. The summed E-state index contributed by atoms with van der Waals surface area (Å²) in [4.78, 5) is 30.0. The predicted molar refractivity (Wildman–Crippen MR) is 116 cm³/mol. The highest BCUT2D eigenvalue weighted by Gasteiger charge is 2.16. The quantitative estimate of drug-likeness (QED) is 0.620. The summed E-state index contributed by atoms with van der Waals surface area (Å²) in [5, 5.41) is 9.80. The van der Waals surface area contributed by atoms with Gasteiger partial charge in [0.25, 0.3) is 5.91 Å². The number of nitrogens with zero attached hydrogens (tertiary/aromatic N) is 2. The van der Waals surface area contributed by atoms with Crippen LogP contribution in [0.5, 0.6) is 0 Å². The summed E-state index contributed by atoms with van der Waals surface area (Å²) in [5.74, 6) is 1.25. The highest BCUT2D eigenvalue weighted by Crippen LogP contribution is 2.23. The lowest BCUT2D eigenvalue weighted by atomic mass is 9.97. The van der Waals surface area contributed by atoms with Crippen LogP contribution >= 0.6 is 11.8 Å². The average molecular weight is 431 g/mol. The van der Waals surface area contributed by atoms with Crippen molar-refractivity contribution < 1.29 is 14.1 Å². The van der Waals surface area contributed by atoms with Crippen LogP contribution in [0.15, 0.2) is 33.7 Å². The van der Waals surface area contributed by atoms with E-state index in [0.29, 0.717) is 36.0 Å². The van der Waals surface area contributed by atoms with E-state index in [1.54, 1.807) is 13.0 Å². The Morgan fingerprint density at radius 3 is 2.60 bits per heavy atom. The number of hydrogen-bond acceptors (Lipinski definition) is 6. The minimum atomic E-state index is -0.172. The van der Waals surface area contributed by atoms with Gasteiger partial charge in [-0.2, -0.15) is 4.98 Å². The van der Waals surface area contributed by atoms with Crippen molar-refractivity contribution in [3.05, 3.63) is 41.5 Å². The minimum absolute atomic E-state index is 0.0348. The maximum atomic E-state index is 12.6. The summed E-state index contributed by atoms with van der Waals surface area (Å²) in [6, 6.07) is 7.65. The van der Waals surface area contributed by atoms with Gasteiger partial charge < -0.3 is 15.2 Å². The number of amides is 2. The molecule has 1 fully saturated rings. The Labute approximate surface area is 181 Å². The number of carbonyl (C=O) groups excluding carboxylic acids is 2. The first-order valence-electron chi connectivity index (χ1n) is 10.7. The molecule has 1 aliphatic rings. The van der Waals surface area contributed by atoms with Crippen LogP contribution in [0.25, 0.3) is 0 Å². The van der Waals surface area contributed by atoms with E-state index in [0.717, 1.165) is 17.7 Å². The van der Waals surface area contributed by atoms with Gasteiger partial charge in [-0.3, -0.25) is 9.59 Å². The van der Waals surface area contributed by atoms with Crippen LogP contribution in [0.3, 0.4) is 0 Å². The first-order valence-corrected chi connectivity index (χ1v) is 11.7. The largest absolute Gasteiger partial charge is 0.353 e. The molecule has 30 heavy (non-hydrogen) atoms.